The molecule has 5 aliphatic rings. The molecule has 2 unspecified atom stereocenters. The summed E-state index contributed by atoms with van der Waals surface area (Å²) in [5.74, 6) is -7.84. The highest BCUT2D eigenvalue weighted by Crippen LogP contribution is 2.64. The summed E-state index contributed by atoms with van der Waals surface area (Å²) in [6, 6.07) is 0.419. The summed E-state index contributed by atoms with van der Waals surface area (Å²) in [6.07, 6.45) is -4.35. The zero-order valence-electron chi connectivity index (χ0n) is 27.5. The van der Waals surface area contributed by atoms with E-state index in [9.17, 15) is 42.9 Å². The van der Waals surface area contributed by atoms with Crippen LogP contribution in [0.2, 0.25) is 0 Å². The van der Waals surface area contributed by atoms with Gasteiger partial charge in [0.25, 0.3) is 0 Å². The number of nitrogens with zero attached hydrogens (tertiary/aromatic N) is 1. The minimum absolute atomic E-state index is 0.00875. The second kappa shape index (κ2) is 11.3. The summed E-state index contributed by atoms with van der Waals surface area (Å²) in [7, 11) is 1.18. The van der Waals surface area contributed by atoms with Crippen molar-refractivity contribution in [3.05, 3.63) is 90.9 Å². The second-order valence-corrected chi connectivity index (χ2v) is 12.8. The maximum absolute atomic E-state index is 14.8. The average Bonchev–Trinajstić information content (AvgIpc) is 3.15. The van der Waals surface area contributed by atoms with Crippen molar-refractivity contribution < 1.29 is 56.8 Å². The molecule has 0 spiro atoms. The Bertz CT molecular complexity index is 1910. The number of phenols is 1. The summed E-state index contributed by atoms with van der Waals surface area (Å²) in [5.41, 5.74) is -2.06. The lowest BCUT2D eigenvalue weighted by Gasteiger charge is -2.45. The Morgan fingerprint density at radius 1 is 0.979 bits per heavy atom. The summed E-state index contributed by atoms with van der Waals surface area (Å²) >= 11 is 0. The topological polar surface area (TPSA) is 130 Å². The number of carbonyl (C=O) groups excluding carboxylic acids is 3. The van der Waals surface area contributed by atoms with Gasteiger partial charge in [0.2, 0.25) is 5.78 Å². The average molecular weight is 669 g/mol. The molecule has 0 heterocycles. The molecule has 0 aliphatic heterocycles. The van der Waals surface area contributed by atoms with Gasteiger partial charge in [0.1, 0.15) is 24.7 Å². The number of hydrogen-bond donors (Lipinski definition) is 3. The number of quaternary nitrogens is 1. The van der Waals surface area contributed by atoms with Gasteiger partial charge < -0.3 is 29.3 Å². The number of ether oxygens (including phenoxy) is 2. The lowest BCUT2D eigenvalue weighted by molar-refractivity contribution is -0.923. The molecule has 48 heavy (non-hydrogen) atoms. The molecular formula is C36H37F3NO8+. The van der Waals surface area contributed by atoms with Crippen LogP contribution in [0.1, 0.15) is 74.0 Å². The van der Waals surface area contributed by atoms with E-state index in [0.29, 0.717) is 28.2 Å². The van der Waals surface area contributed by atoms with Crippen LogP contribution in [0.4, 0.5) is 13.2 Å². The Labute approximate surface area is 275 Å². The quantitative estimate of drug-likeness (QED) is 0.262. The summed E-state index contributed by atoms with van der Waals surface area (Å²) < 4.78 is 57.2. The van der Waals surface area contributed by atoms with Gasteiger partial charge in [-0.05, 0) is 63.8 Å². The van der Waals surface area contributed by atoms with E-state index < -0.39 is 69.3 Å². The number of hydrogen-bond acceptors (Lipinski definition) is 8. The van der Waals surface area contributed by atoms with Gasteiger partial charge in [0, 0.05) is 39.8 Å². The van der Waals surface area contributed by atoms with Crippen molar-refractivity contribution in [2.75, 3.05) is 39.9 Å². The Morgan fingerprint density at radius 3 is 2.19 bits per heavy atom. The molecule has 12 heteroatoms. The number of ketones is 3. The van der Waals surface area contributed by atoms with Gasteiger partial charge in [-0.3, -0.25) is 14.4 Å². The fourth-order valence-corrected chi connectivity index (χ4v) is 8.32. The van der Waals surface area contributed by atoms with Crippen molar-refractivity contribution in [3.63, 3.8) is 0 Å². The number of aliphatic hydroxyl groups is 2. The third-order valence-electron chi connectivity index (χ3n) is 10.8. The number of aliphatic hydroxyl groups excluding tert-OH is 2. The number of aromatic hydroxyl groups is 1. The first-order valence-corrected chi connectivity index (χ1v) is 15.9. The molecule has 254 valence electrons. The van der Waals surface area contributed by atoms with Crippen LogP contribution in [-0.4, -0.2) is 77.0 Å². The molecule has 0 amide bonds. The van der Waals surface area contributed by atoms with E-state index in [1.807, 2.05) is 0 Å². The van der Waals surface area contributed by atoms with E-state index in [1.165, 1.54) is 14.0 Å². The van der Waals surface area contributed by atoms with Gasteiger partial charge >= 0.3 is 6.18 Å². The summed E-state index contributed by atoms with van der Waals surface area (Å²) in [6.45, 7) is 12.2. The van der Waals surface area contributed by atoms with Crippen molar-refractivity contribution in [1.29, 1.82) is 0 Å². The van der Waals surface area contributed by atoms with E-state index in [0.717, 1.165) is 25.7 Å². The van der Waals surface area contributed by atoms with Crippen LogP contribution in [0.5, 0.6) is 5.75 Å². The maximum Gasteiger partial charge on any atom is 0.416 e. The van der Waals surface area contributed by atoms with Gasteiger partial charge in [-0.15, -0.1) is 0 Å². The number of alkyl halides is 3. The zero-order chi connectivity index (χ0) is 35.2. The van der Waals surface area contributed by atoms with Crippen LogP contribution in [-0.2, 0) is 25.2 Å². The third-order valence-corrected chi connectivity index (χ3v) is 10.8. The normalized spacial score (nSPS) is 21.9. The second-order valence-electron chi connectivity index (χ2n) is 12.8. The number of likely N-dealkylation sites (N-methyl/N-ethyl adjacent to an activating group) is 1. The molecule has 9 nitrogen and oxygen atoms in total. The van der Waals surface area contributed by atoms with Crippen LogP contribution in [0.25, 0.3) is 5.57 Å². The minimum Gasteiger partial charge on any atom is -0.507 e. The Balaban J connectivity index is 1.80. The fourth-order valence-electron chi connectivity index (χ4n) is 8.32. The van der Waals surface area contributed by atoms with E-state index in [1.54, 1.807) is 6.92 Å². The van der Waals surface area contributed by atoms with Crippen LogP contribution in [0.15, 0.2) is 68.6 Å². The van der Waals surface area contributed by atoms with Crippen molar-refractivity contribution in [2.45, 2.75) is 53.1 Å². The Hall–Kier alpha value is -4.58. The molecule has 1 aromatic rings. The smallest absolute Gasteiger partial charge is 0.416 e. The SMILES string of the molecule is CC[N+](CC)(CC)CCOC1=C2CC(C)=C(C(C)=O)C3=C(OC)C(=O)c4c(O)cc(C(F)(F)F)c5c4C3=C2C2C(=C1O)C(O)=CC(=O)C52. The number of fused-ring (bicyclic) bond motifs is 1. The third kappa shape index (κ3) is 4.44. The Morgan fingerprint density at radius 2 is 1.62 bits per heavy atom. The summed E-state index contributed by atoms with van der Waals surface area (Å²) in [4.78, 5) is 41.2. The molecule has 0 saturated heterocycles. The molecule has 0 radical (unpaired) electrons. The molecule has 3 N–H and O–H groups in total. The first kappa shape index (κ1) is 33.3. The Kier molecular flexibility index (Phi) is 7.81. The number of rotatable bonds is 9. The highest BCUT2D eigenvalue weighted by atomic mass is 19.4. The van der Waals surface area contributed by atoms with Crippen molar-refractivity contribution >= 4 is 22.9 Å². The molecule has 0 fully saturated rings. The van der Waals surface area contributed by atoms with Gasteiger partial charge in [-0.2, -0.15) is 13.2 Å². The largest absolute Gasteiger partial charge is 0.507 e. The van der Waals surface area contributed by atoms with Crippen molar-refractivity contribution in [3.8, 4) is 5.75 Å². The molecule has 6 rings (SSSR count). The fraction of sp³-hybridized carbons (Fsp3) is 0.417. The predicted octanol–water partition coefficient (Wildman–Crippen LogP) is 6.28. The molecule has 0 saturated carbocycles. The standard InChI is InChI=1S/C36H36F3NO8/c1-7-40(8-2,9-3)10-11-48-34-17-12-15(4)22(16(5)41)31-29-23(17)28-25(20(43)14-21(44)27(28)32(34)45)24-18(36(37,38)39)13-19(42)26(30(24)29)33(46)35(31)47-6/h13-14,25,28H,7-12H2,1-6H3,(H2-,42,43,44,45,46)/p+1. The van der Waals surface area contributed by atoms with Gasteiger partial charge in [-0.1, -0.05) is 5.57 Å². The first-order chi connectivity index (χ1) is 22.6. The van der Waals surface area contributed by atoms with E-state index in [-0.39, 0.29) is 58.0 Å². The monoisotopic (exact) mass is 668 g/mol. The van der Waals surface area contributed by atoms with Gasteiger partial charge in [0.05, 0.1) is 43.8 Å². The maximum atomic E-state index is 14.8. The number of carbonyl (C=O) groups is 3. The molecular weight excluding hydrogens is 631 g/mol. The van der Waals surface area contributed by atoms with E-state index in [4.69, 9.17) is 9.47 Å². The van der Waals surface area contributed by atoms with Gasteiger partial charge in [0.15, 0.2) is 28.8 Å². The highest BCUT2D eigenvalue weighted by molar-refractivity contribution is 6.24. The van der Waals surface area contributed by atoms with E-state index >= 15 is 0 Å². The van der Waals surface area contributed by atoms with Crippen molar-refractivity contribution in [2.24, 2.45) is 5.92 Å². The number of methoxy groups -OCH3 is 1. The molecule has 2 atom stereocenters. The number of phenolic OH excluding ortho intramolecular Hbond substituents is 1. The molecule has 1 aromatic carbocycles. The van der Waals surface area contributed by atoms with Crippen LogP contribution in [0.3, 0.4) is 0 Å². The predicted molar refractivity (Wildman–Crippen MR) is 168 cm³/mol. The number of Topliss-reactive ketones (excluding diaryl/α,β-unsaturated/α-hetero) is 2. The molecule has 5 aliphatic carbocycles. The number of benzene rings is 1. The lowest BCUT2D eigenvalue weighted by atomic mass is 9.57. The lowest BCUT2D eigenvalue weighted by Crippen LogP contribution is -2.49. The molecule has 0 aromatic heterocycles. The number of halogens is 3. The highest BCUT2D eigenvalue weighted by Gasteiger charge is 2.57. The van der Waals surface area contributed by atoms with Crippen molar-refractivity contribution in [1.82, 2.24) is 0 Å². The summed E-state index contributed by atoms with van der Waals surface area (Å²) in [5, 5.41) is 34.1. The number of allylic oxidation sites excluding steroid dienone is 9. The first-order valence-electron chi connectivity index (χ1n) is 15.9. The van der Waals surface area contributed by atoms with Crippen LogP contribution >= 0.6 is 0 Å². The van der Waals surface area contributed by atoms with Crippen LogP contribution < -0.4 is 0 Å². The zero-order valence-corrected chi connectivity index (χ0v) is 27.5. The van der Waals surface area contributed by atoms with E-state index in [2.05, 4.69) is 20.8 Å². The minimum atomic E-state index is -5.09. The van der Waals surface area contributed by atoms with Crippen LogP contribution in [0, 0.1) is 5.92 Å². The molecule has 0 bridgehead atoms. The van der Waals surface area contributed by atoms with Gasteiger partial charge in [-0.25, -0.2) is 0 Å².